The van der Waals surface area contributed by atoms with Gasteiger partial charge >= 0.3 is 0 Å². The number of thioether (sulfide) groups is 2. The molecule has 0 unspecified atom stereocenters. The zero-order valence-corrected chi connectivity index (χ0v) is 27.3. The third-order valence-electron chi connectivity index (χ3n) is 7.44. The van der Waals surface area contributed by atoms with Crippen LogP contribution in [-0.4, -0.2) is 83.9 Å². The average Bonchev–Trinajstić information content (AvgIpc) is 3.17. The van der Waals surface area contributed by atoms with E-state index in [2.05, 4.69) is 43.2 Å². The molecule has 0 saturated carbocycles. The van der Waals surface area contributed by atoms with Crippen molar-refractivity contribution in [3.63, 3.8) is 0 Å². The van der Waals surface area contributed by atoms with Crippen LogP contribution in [0.25, 0.3) is 6.08 Å². The van der Waals surface area contributed by atoms with Crippen LogP contribution in [0.2, 0.25) is 0 Å². The van der Waals surface area contributed by atoms with Crippen molar-refractivity contribution in [1.82, 2.24) is 9.13 Å². The van der Waals surface area contributed by atoms with Gasteiger partial charge in [0.15, 0.2) is 4.77 Å². The van der Waals surface area contributed by atoms with Crippen LogP contribution in [0.15, 0.2) is 52.6 Å². The number of methoxy groups -OCH3 is 2. The second-order valence-electron chi connectivity index (χ2n) is 10.8. The van der Waals surface area contributed by atoms with Gasteiger partial charge in [-0.15, -0.1) is 0 Å². The maximum absolute atomic E-state index is 13.5. The molecule has 3 heterocycles. The van der Waals surface area contributed by atoms with Crippen molar-refractivity contribution in [2.45, 2.75) is 38.5 Å². The first-order chi connectivity index (χ1) is 20.2. The number of aromatic nitrogens is 2. The number of ether oxygens (including phenoxy) is 3. The molecule has 0 bridgehead atoms. The number of rotatable bonds is 11. The highest BCUT2D eigenvalue weighted by Gasteiger charge is 2.40. The predicted molar refractivity (Wildman–Crippen MR) is 177 cm³/mol. The molecule has 1 fully saturated rings. The Morgan fingerprint density at radius 1 is 1.07 bits per heavy atom. The lowest BCUT2D eigenvalue weighted by Crippen LogP contribution is -2.31. The van der Waals surface area contributed by atoms with Gasteiger partial charge in [-0.3, -0.25) is 13.9 Å². The van der Waals surface area contributed by atoms with E-state index in [1.165, 1.54) is 20.3 Å². The minimum Gasteiger partial charge on any atom is -0.494 e. The molecule has 8 nitrogen and oxygen atoms in total. The zero-order chi connectivity index (χ0) is 30.3. The van der Waals surface area contributed by atoms with Gasteiger partial charge in [-0.25, -0.2) is 0 Å². The summed E-state index contributed by atoms with van der Waals surface area (Å²) in [5.41, 5.74) is 7.23. The van der Waals surface area contributed by atoms with Crippen molar-refractivity contribution in [3.05, 3.63) is 74.1 Å². The van der Waals surface area contributed by atoms with Crippen molar-refractivity contribution in [1.29, 1.82) is 0 Å². The van der Waals surface area contributed by atoms with Gasteiger partial charge in [0, 0.05) is 61.0 Å². The fourth-order valence-corrected chi connectivity index (χ4v) is 7.82. The van der Waals surface area contributed by atoms with Crippen molar-refractivity contribution < 1.29 is 19.3 Å². The van der Waals surface area contributed by atoms with E-state index in [0.29, 0.717) is 32.9 Å². The maximum atomic E-state index is 13.5. The Hall–Kier alpha value is -2.24. The molecular formula is C31H41N3O5S3. The van der Waals surface area contributed by atoms with Gasteiger partial charge in [0.05, 0.1) is 44.7 Å². The fraction of sp³-hybridized carbons (Fsp3) is 0.516. The monoisotopic (exact) mass is 631 g/mol. The second-order valence-corrected chi connectivity index (χ2v) is 13.2. The van der Waals surface area contributed by atoms with Gasteiger partial charge in [-0.1, -0.05) is 36.1 Å². The van der Waals surface area contributed by atoms with Crippen molar-refractivity contribution in [3.8, 4) is 5.88 Å². The third-order valence-corrected chi connectivity index (χ3v) is 10.3. The van der Waals surface area contributed by atoms with Gasteiger partial charge in [-0.05, 0) is 37.7 Å². The zero-order valence-electron chi connectivity index (χ0n) is 24.9. The van der Waals surface area contributed by atoms with Crippen LogP contribution in [0, 0.1) is 4.77 Å². The van der Waals surface area contributed by atoms with E-state index in [9.17, 15) is 9.90 Å². The first kappa shape index (κ1) is 32.7. The molecule has 1 N–H and O–H groups in total. The van der Waals surface area contributed by atoms with E-state index >= 15 is 0 Å². The summed E-state index contributed by atoms with van der Waals surface area (Å²) in [6, 6.07) is 8.32. The molecule has 0 spiro atoms. The minimum atomic E-state index is -0.388. The Kier molecular flexibility index (Phi) is 11.6. The third kappa shape index (κ3) is 7.27. The highest BCUT2D eigenvalue weighted by atomic mass is 32.2. The molecule has 0 aliphatic carbocycles. The van der Waals surface area contributed by atoms with Crippen LogP contribution in [0.3, 0.4) is 0 Å². The molecule has 1 saturated heterocycles. The number of fused-ring (bicyclic) bond motifs is 1. The van der Waals surface area contributed by atoms with Gasteiger partial charge < -0.3 is 24.2 Å². The molecule has 228 valence electrons. The molecule has 0 atom stereocenters. The maximum Gasteiger partial charge on any atom is 0.266 e. The summed E-state index contributed by atoms with van der Waals surface area (Å²) in [6.45, 7) is 10.8. The van der Waals surface area contributed by atoms with Crippen LogP contribution in [0.5, 0.6) is 5.88 Å². The lowest BCUT2D eigenvalue weighted by Gasteiger charge is -2.27. The summed E-state index contributed by atoms with van der Waals surface area (Å²) < 4.78 is 20.0. The summed E-state index contributed by atoms with van der Waals surface area (Å²) in [5.74, 6) is 3.67. The molecule has 11 heteroatoms. The summed E-state index contributed by atoms with van der Waals surface area (Å²) in [4.78, 5) is 15.8. The Morgan fingerprint density at radius 2 is 1.71 bits per heavy atom. The highest BCUT2D eigenvalue weighted by Crippen LogP contribution is 2.47. The lowest BCUT2D eigenvalue weighted by molar-refractivity contribution is 0.0910. The molecule has 42 heavy (non-hydrogen) atoms. The number of aromatic hydroxyl groups is 1. The summed E-state index contributed by atoms with van der Waals surface area (Å²) in [5, 5.41) is 11.2. The number of allylic oxidation sites excluding steroid dienone is 1. The number of benzene rings is 1. The van der Waals surface area contributed by atoms with E-state index in [4.69, 9.17) is 26.4 Å². The van der Waals surface area contributed by atoms with Gasteiger partial charge in [0.2, 0.25) is 5.88 Å². The van der Waals surface area contributed by atoms with Crippen LogP contribution in [-0.2, 0) is 32.7 Å². The topological polar surface area (TPSA) is 78.1 Å². The van der Waals surface area contributed by atoms with Gasteiger partial charge in [0.25, 0.3) is 5.56 Å². The molecule has 2 aliphatic heterocycles. The van der Waals surface area contributed by atoms with Crippen molar-refractivity contribution in [2.24, 2.45) is 0 Å². The number of para-hydroxylation sites is 1. The minimum absolute atomic E-state index is 0.122. The predicted octanol–water partition coefficient (Wildman–Crippen LogP) is 5.09. The lowest BCUT2D eigenvalue weighted by atomic mass is 9.84. The molecule has 0 amide bonds. The second kappa shape index (κ2) is 15.0. The SMILES string of the molecule is C=C1CSCC(OCCN2C(=C=Cc3c(O)n(CCOC)c(=S)n(CCOC)c3=O)C(C)(C)c3ccccc32)CSC1. The number of hydrogen-bond donors (Lipinski definition) is 1. The quantitative estimate of drug-likeness (QED) is 0.207. The van der Waals surface area contributed by atoms with Gasteiger partial charge in [0.1, 0.15) is 5.56 Å². The van der Waals surface area contributed by atoms with Crippen LogP contribution < -0.4 is 10.5 Å². The van der Waals surface area contributed by atoms with Crippen molar-refractivity contribution in [2.75, 3.05) is 68.5 Å². The molecule has 4 rings (SSSR count). The Bertz CT molecular complexity index is 1450. The molecular weight excluding hydrogens is 591 g/mol. The molecule has 1 aromatic carbocycles. The first-order valence-corrected chi connectivity index (χ1v) is 16.7. The van der Waals surface area contributed by atoms with E-state index < -0.39 is 0 Å². The van der Waals surface area contributed by atoms with E-state index in [-0.39, 0.29) is 39.8 Å². The largest absolute Gasteiger partial charge is 0.494 e. The molecule has 2 aromatic rings. The van der Waals surface area contributed by atoms with E-state index in [1.807, 2.05) is 35.7 Å². The summed E-state index contributed by atoms with van der Waals surface area (Å²) >= 11 is 9.32. The Morgan fingerprint density at radius 3 is 2.38 bits per heavy atom. The molecule has 0 radical (unpaired) electrons. The number of anilines is 1. The van der Waals surface area contributed by atoms with E-state index in [1.54, 1.807) is 20.3 Å². The average molecular weight is 632 g/mol. The summed E-state index contributed by atoms with van der Waals surface area (Å²) in [6.07, 6.45) is 1.77. The normalized spacial score (nSPS) is 17.1. The molecule has 2 aliphatic rings. The highest BCUT2D eigenvalue weighted by molar-refractivity contribution is 8.01. The van der Waals surface area contributed by atoms with Crippen LogP contribution in [0.1, 0.15) is 25.0 Å². The number of nitrogens with zero attached hydrogens (tertiary/aromatic N) is 3. The van der Waals surface area contributed by atoms with Crippen LogP contribution in [0.4, 0.5) is 5.69 Å². The standard InChI is InChI=1S/C31H41N3O5S3/c1-22-18-41-20-23(21-42-19-22)39-17-14-32-26-9-7-6-8-25(26)31(2,3)27(32)11-10-24-28(35)33(12-15-37-4)30(40)34(29(24)36)13-16-38-5/h6-10,23,35H,1,12-21H2,2-5H3. The van der Waals surface area contributed by atoms with Crippen molar-refractivity contribution >= 4 is 47.5 Å². The number of hydrogen-bond acceptors (Lipinski definition) is 9. The smallest absolute Gasteiger partial charge is 0.266 e. The first-order valence-electron chi connectivity index (χ1n) is 14.0. The fourth-order valence-electron chi connectivity index (χ4n) is 5.22. The molecule has 1 aromatic heterocycles. The van der Waals surface area contributed by atoms with Gasteiger partial charge in [-0.2, -0.15) is 23.5 Å². The Labute approximate surface area is 262 Å². The van der Waals surface area contributed by atoms with Crippen LogP contribution >= 0.6 is 35.7 Å². The van der Waals surface area contributed by atoms with E-state index in [0.717, 1.165) is 34.4 Å². The Balaban J connectivity index is 1.70. The summed E-state index contributed by atoms with van der Waals surface area (Å²) in [7, 11) is 3.15.